The Balaban J connectivity index is 0.00000400. The molecule has 0 heterocycles. The van der Waals surface area contributed by atoms with Crippen LogP contribution >= 0.6 is 12.4 Å². The standard InChI is InChI=1S/C13H16F2N2O3.ClH/c1-8(17(2)6-5-12(18)19)13(20)16-9-3-4-10(14)11(15)7-9;/h3-4,7-8H,5-6H2,1-2H3,(H,16,20)(H,18,19);1H. The van der Waals surface area contributed by atoms with Crippen LogP contribution in [0.15, 0.2) is 18.2 Å². The molecule has 2 N–H and O–H groups in total. The first-order chi connectivity index (χ1) is 9.31. The second-order valence-electron chi connectivity index (χ2n) is 4.42. The molecule has 1 unspecified atom stereocenters. The van der Waals surface area contributed by atoms with E-state index in [1.54, 1.807) is 18.9 Å². The van der Waals surface area contributed by atoms with Gasteiger partial charge in [0.25, 0.3) is 0 Å². The number of anilines is 1. The molecule has 5 nitrogen and oxygen atoms in total. The fraction of sp³-hybridized carbons (Fsp3) is 0.385. The number of nitrogens with zero attached hydrogens (tertiary/aromatic N) is 1. The molecule has 118 valence electrons. The third-order valence-electron chi connectivity index (χ3n) is 2.91. The van der Waals surface area contributed by atoms with E-state index < -0.39 is 29.6 Å². The van der Waals surface area contributed by atoms with Crippen molar-refractivity contribution in [1.29, 1.82) is 0 Å². The number of aliphatic carboxylic acids is 1. The lowest BCUT2D eigenvalue weighted by Crippen LogP contribution is -2.40. The molecule has 0 bridgehead atoms. The van der Waals surface area contributed by atoms with Gasteiger partial charge in [-0.25, -0.2) is 8.78 Å². The highest BCUT2D eigenvalue weighted by Gasteiger charge is 2.19. The molecule has 0 aromatic heterocycles. The second-order valence-corrected chi connectivity index (χ2v) is 4.42. The van der Waals surface area contributed by atoms with Crippen LogP contribution in [0.3, 0.4) is 0 Å². The number of rotatable bonds is 6. The summed E-state index contributed by atoms with van der Waals surface area (Å²) in [7, 11) is 1.61. The van der Waals surface area contributed by atoms with Gasteiger partial charge in [0.1, 0.15) is 0 Å². The Hall–Kier alpha value is -1.73. The highest BCUT2D eigenvalue weighted by Crippen LogP contribution is 2.13. The summed E-state index contributed by atoms with van der Waals surface area (Å²) in [6.07, 6.45) is -0.0840. The summed E-state index contributed by atoms with van der Waals surface area (Å²) in [6, 6.07) is 2.46. The van der Waals surface area contributed by atoms with Crippen LogP contribution in [-0.2, 0) is 9.59 Å². The van der Waals surface area contributed by atoms with Crippen molar-refractivity contribution in [3.8, 4) is 0 Å². The van der Waals surface area contributed by atoms with Gasteiger partial charge in [-0.3, -0.25) is 14.5 Å². The first-order valence-corrected chi connectivity index (χ1v) is 5.99. The predicted octanol–water partition coefficient (Wildman–Crippen LogP) is 2.12. The molecule has 8 heteroatoms. The Morgan fingerprint density at radius 2 is 1.95 bits per heavy atom. The number of hydrogen-bond donors (Lipinski definition) is 2. The van der Waals surface area contributed by atoms with E-state index in [1.165, 1.54) is 6.07 Å². The second kappa shape index (κ2) is 8.53. The average Bonchev–Trinajstić information content (AvgIpc) is 2.39. The third kappa shape index (κ3) is 6.05. The lowest BCUT2D eigenvalue weighted by atomic mass is 10.2. The zero-order valence-electron chi connectivity index (χ0n) is 11.6. The lowest BCUT2D eigenvalue weighted by molar-refractivity contribution is -0.137. The van der Waals surface area contributed by atoms with Gasteiger partial charge >= 0.3 is 5.97 Å². The number of hydrogen-bond acceptors (Lipinski definition) is 3. The van der Waals surface area contributed by atoms with Gasteiger partial charge < -0.3 is 10.4 Å². The molecule has 21 heavy (non-hydrogen) atoms. The summed E-state index contributed by atoms with van der Waals surface area (Å²) in [5.74, 6) is -3.42. The van der Waals surface area contributed by atoms with E-state index in [9.17, 15) is 18.4 Å². The van der Waals surface area contributed by atoms with Crippen molar-refractivity contribution in [2.24, 2.45) is 0 Å². The lowest BCUT2D eigenvalue weighted by Gasteiger charge is -2.23. The van der Waals surface area contributed by atoms with Crippen LogP contribution in [0.1, 0.15) is 13.3 Å². The van der Waals surface area contributed by atoms with Crippen molar-refractivity contribution >= 4 is 30.0 Å². The molecule has 1 aromatic rings. The summed E-state index contributed by atoms with van der Waals surface area (Å²) in [5.41, 5.74) is 0.146. The maximum atomic E-state index is 13.0. The van der Waals surface area contributed by atoms with Crippen LogP contribution in [0.5, 0.6) is 0 Å². The van der Waals surface area contributed by atoms with Crippen LogP contribution in [0, 0.1) is 11.6 Å². The highest BCUT2D eigenvalue weighted by molar-refractivity contribution is 5.94. The maximum absolute atomic E-state index is 13.0. The molecule has 0 saturated carbocycles. The quantitative estimate of drug-likeness (QED) is 0.841. The Bertz CT molecular complexity index is 514. The molecule has 1 rings (SSSR count). The smallest absolute Gasteiger partial charge is 0.304 e. The minimum atomic E-state index is -1.05. The molecular weight excluding hydrogens is 306 g/mol. The number of benzene rings is 1. The van der Waals surface area contributed by atoms with Gasteiger partial charge in [0.15, 0.2) is 11.6 Å². The number of nitrogens with one attached hydrogen (secondary N) is 1. The summed E-state index contributed by atoms with van der Waals surface area (Å²) in [5, 5.41) is 11.0. The number of carboxylic acids is 1. The van der Waals surface area contributed by atoms with Crippen LogP contribution in [0.4, 0.5) is 14.5 Å². The third-order valence-corrected chi connectivity index (χ3v) is 2.91. The van der Waals surface area contributed by atoms with Gasteiger partial charge in [-0.05, 0) is 26.1 Å². The van der Waals surface area contributed by atoms with Gasteiger partial charge in [-0.15, -0.1) is 12.4 Å². The Morgan fingerprint density at radius 1 is 1.33 bits per heavy atom. The van der Waals surface area contributed by atoms with E-state index in [0.29, 0.717) is 0 Å². The van der Waals surface area contributed by atoms with E-state index in [0.717, 1.165) is 12.1 Å². The fourth-order valence-corrected chi connectivity index (χ4v) is 1.49. The zero-order valence-corrected chi connectivity index (χ0v) is 12.4. The van der Waals surface area contributed by atoms with Gasteiger partial charge in [-0.2, -0.15) is 0 Å². The molecule has 1 atom stereocenters. The van der Waals surface area contributed by atoms with Crippen LogP contribution < -0.4 is 5.32 Å². The number of likely N-dealkylation sites (N-methyl/N-ethyl adjacent to an activating group) is 1. The first-order valence-electron chi connectivity index (χ1n) is 5.99. The number of halogens is 3. The monoisotopic (exact) mass is 322 g/mol. The molecule has 0 aliphatic carbocycles. The molecular formula is C13H17ClF2N2O3. The largest absolute Gasteiger partial charge is 0.481 e. The Morgan fingerprint density at radius 3 is 2.48 bits per heavy atom. The summed E-state index contributed by atoms with van der Waals surface area (Å²) in [6.45, 7) is 1.80. The maximum Gasteiger partial charge on any atom is 0.304 e. The summed E-state index contributed by atoms with van der Waals surface area (Å²) >= 11 is 0. The van der Waals surface area contributed by atoms with Gasteiger partial charge in [0, 0.05) is 18.3 Å². The van der Waals surface area contributed by atoms with Crippen molar-refractivity contribution in [2.45, 2.75) is 19.4 Å². The van der Waals surface area contributed by atoms with Crippen molar-refractivity contribution in [3.63, 3.8) is 0 Å². The van der Waals surface area contributed by atoms with Crippen LogP contribution in [0.25, 0.3) is 0 Å². The van der Waals surface area contributed by atoms with E-state index in [4.69, 9.17) is 5.11 Å². The average molecular weight is 323 g/mol. The number of carbonyl (C=O) groups is 2. The Labute approximate surface area is 127 Å². The molecule has 0 aliphatic rings. The van der Waals surface area contributed by atoms with Gasteiger partial charge in [-0.1, -0.05) is 0 Å². The number of carboxylic acid groups (broad SMARTS) is 1. The molecule has 0 fully saturated rings. The topological polar surface area (TPSA) is 69.6 Å². The van der Waals surface area contributed by atoms with E-state index in [1.807, 2.05) is 0 Å². The zero-order chi connectivity index (χ0) is 15.3. The minimum Gasteiger partial charge on any atom is -0.481 e. The van der Waals surface area contributed by atoms with Crippen molar-refractivity contribution in [2.75, 3.05) is 18.9 Å². The minimum absolute atomic E-state index is 0. The SMILES string of the molecule is CC(C(=O)Nc1ccc(F)c(F)c1)N(C)CCC(=O)O.Cl. The summed E-state index contributed by atoms with van der Waals surface area (Å²) in [4.78, 5) is 23.9. The van der Waals surface area contributed by atoms with Crippen LogP contribution in [-0.4, -0.2) is 41.5 Å². The van der Waals surface area contributed by atoms with Crippen molar-refractivity contribution in [1.82, 2.24) is 4.90 Å². The molecule has 1 amide bonds. The van der Waals surface area contributed by atoms with Gasteiger partial charge in [0.2, 0.25) is 5.91 Å². The van der Waals surface area contributed by atoms with Crippen molar-refractivity contribution < 1.29 is 23.5 Å². The molecule has 0 saturated heterocycles. The normalized spacial score (nSPS) is 11.7. The predicted molar refractivity (Wildman–Crippen MR) is 76.6 cm³/mol. The van der Waals surface area contributed by atoms with Crippen LogP contribution in [0.2, 0.25) is 0 Å². The highest BCUT2D eigenvalue weighted by atomic mass is 35.5. The molecule has 1 aromatic carbocycles. The van der Waals surface area contributed by atoms with E-state index in [2.05, 4.69) is 5.32 Å². The molecule has 0 spiro atoms. The molecule has 0 radical (unpaired) electrons. The fourth-order valence-electron chi connectivity index (χ4n) is 1.49. The molecule has 0 aliphatic heterocycles. The number of carbonyl (C=O) groups excluding carboxylic acids is 1. The van der Waals surface area contributed by atoms with Gasteiger partial charge in [0.05, 0.1) is 12.5 Å². The first kappa shape index (κ1) is 19.3. The van der Waals surface area contributed by atoms with Crippen molar-refractivity contribution in [3.05, 3.63) is 29.8 Å². The summed E-state index contributed by atoms with van der Waals surface area (Å²) < 4.78 is 25.7. The number of amides is 1. The van der Waals surface area contributed by atoms with E-state index in [-0.39, 0.29) is 31.1 Å². The van der Waals surface area contributed by atoms with E-state index >= 15 is 0 Å². The Kier molecular flexibility index (Phi) is 7.83.